The summed E-state index contributed by atoms with van der Waals surface area (Å²) >= 11 is 0. The van der Waals surface area contributed by atoms with Gasteiger partial charge in [-0.2, -0.15) is 0 Å². The Kier molecular flexibility index (Phi) is 1.84. The number of aliphatic carboxylic acids is 1. The van der Waals surface area contributed by atoms with Crippen molar-refractivity contribution in [2.45, 2.75) is 25.2 Å². The SMILES string of the molecule is O=C(O)C1[C@H]2c3ccccc3CCC[C@@H]12. The molecule has 2 nitrogen and oxygen atoms in total. The predicted molar refractivity (Wildman–Crippen MR) is 56.7 cm³/mol. The molecule has 0 aliphatic heterocycles. The Bertz CT molecular complexity index is 411. The highest BCUT2D eigenvalue weighted by Crippen LogP contribution is 2.58. The molecule has 1 aromatic rings. The van der Waals surface area contributed by atoms with Gasteiger partial charge in [-0.15, -0.1) is 0 Å². The molecule has 1 aromatic carbocycles. The van der Waals surface area contributed by atoms with Crippen molar-refractivity contribution >= 4 is 5.97 Å². The van der Waals surface area contributed by atoms with Gasteiger partial charge in [-0.25, -0.2) is 0 Å². The summed E-state index contributed by atoms with van der Waals surface area (Å²) in [4.78, 5) is 11.1. The smallest absolute Gasteiger partial charge is 0.307 e. The molecule has 78 valence electrons. The summed E-state index contributed by atoms with van der Waals surface area (Å²) in [6, 6.07) is 8.34. The van der Waals surface area contributed by atoms with Crippen LogP contribution in [-0.4, -0.2) is 11.1 Å². The average molecular weight is 202 g/mol. The number of carbonyl (C=O) groups is 1. The zero-order valence-electron chi connectivity index (χ0n) is 8.52. The van der Waals surface area contributed by atoms with Gasteiger partial charge in [-0.05, 0) is 36.3 Å². The number of carboxylic acid groups (broad SMARTS) is 1. The van der Waals surface area contributed by atoms with E-state index in [1.807, 2.05) is 6.07 Å². The molecule has 0 radical (unpaired) electrons. The minimum Gasteiger partial charge on any atom is -0.481 e. The Morgan fingerprint density at radius 3 is 2.93 bits per heavy atom. The fourth-order valence-electron chi connectivity index (χ4n) is 3.11. The normalized spacial score (nSPS) is 32.4. The Labute approximate surface area is 88.9 Å². The quantitative estimate of drug-likeness (QED) is 0.759. The maximum absolute atomic E-state index is 11.1. The van der Waals surface area contributed by atoms with Crippen LogP contribution in [0.5, 0.6) is 0 Å². The minimum atomic E-state index is -0.610. The van der Waals surface area contributed by atoms with Gasteiger partial charge < -0.3 is 5.11 Å². The van der Waals surface area contributed by atoms with Crippen molar-refractivity contribution in [1.29, 1.82) is 0 Å². The Morgan fingerprint density at radius 2 is 2.13 bits per heavy atom. The van der Waals surface area contributed by atoms with E-state index in [-0.39, 0.29) is 5.92 Å². The maximum atomic E-state index is 11.1. The topological polar surface area (TPSA) is 37.3 Å². The first kappa shape index (κ1) is 8.96. The molecule has 2 aliphatic carbocycles. The largest absolute Gasteiger partial charge is 0.481 e. The molecule has 0 saturated heterocycles. The average Bonchev–Trinajstić information content (AvgIpc) is 2.92. The molecule has 0 spiro atoms. The van der Waals surface area contributed by atoms with Gasteiger partial charge in [-0.1, -0.05) is 24.3 Å². The number of carboxylic acids is 1. The van der Waals surface area contributed by atoms with Crippen LogP contribution >= 0.6 is 0 Å². The van der Waals surface area contributed by atoms with E-state index in [4.69, 9.17) is 5.11 Å². The van der Waals surface area contributed by atoms with E-state index in [1.165, 1.54) is 11.1 Å². The first-order valence-electron chi connectivity index (χ1n) is 5.59. The molecule has 1 fully saturated rings. The van der Waals surface area contributed by atoms with E-state index >= 15 is 0 Å². The summed E-state index contributed by atoms with van der Waals surface area (Å²) in [5.41, 5.74) is 2.67. The fourth-order valence-corrected chi connectivity index (χ4v) is 3.11. The van der Waals surface area contributed by atoms with E-state index in [0.717, 1.165) is 19.3 Å². The third-order valence-corrected chi connectivity index (χ3v) is 3.85. The number of hydrogen-bond donors (Lipinski definition) is 1. The van der Waals surface area contributed by atoms with Crippen LogP contribution in [0.1, 0.15) is 29.9 Å². The minimum absolute atomic E-state index is 0.105. The Balaban J connectivity index is 2.00. The highest BCUT2D eigenvalue weighted by atomic mass is 16.4. The van der Waals surface area contributed by atoms with E-state index in [1.54, 1.807) is 0 Å². The van der Waals surface area contributed by atoms with Gasteiger partial charge in [0.1, 0.15) is 0 Å². The highest BCUT2D eigenvalue weighted by Gasteiger charge is 2.56. The summed E-state index contributed by atoms with van der Waals surface area (Å²) in [6.07, 6.45) is 3.34. The lowest BCUT2D eigenvalue weighted by atomic mass is 10.00. The molecule has 3 rings (SSSR count). The van der Waals surface area contributed by atoms with Gasteiger partial charge >= 0.3 is 5.97 Å². The number of fused-ring (bicyclic) bond motifs is 3. The molecule has 3 atom stereocenters. The molecule has 2 heteroatoms. The zero-order valence-corrected chi connectivity index (χ0v) is 8.52. The molecule has 1 N–H and O–H groups in total. The van der Waals surface area contributed by atoms with Crippen molar-refractivity contribution < 1.29 is 9.90 Å². The summed E-state index contributed by atoms with van der Waals surface area (Å²) in [5.74, 6) is 0.000466. The second kappa shape index (κ2) is 3.09. The molecular formula is C13H14O2. The van der Waals surface area contributed by atoms with Crippen LogP contribution in [-0.2, 0) is 11.2 Å². The van der Waals surface area contributed by atoms with Crippen molar-refractivity contribution in [3.05, 3.63) is 35.4 Å². The molecule has 0 bridgehead atoms. The summed E-state index contributed by atoms with van der Waals surface area (Å²) in [5, 5.41) is 9.10. The molecule has 2 aliphatic rings. The molecule has 0 aromatic heterocycles. The molecule has 0 heterocycles. The predicted octanol–water partition coefficient (Wildman–Crippen LogP) is 2.44. The molecule has 0 amide bonds. The van der Waals surface area contributed by atoms with Crippen molar-refractivity contribution in [3.8, 4) is 0 Å². The molecule has 15 heavy (non-hydrogen) atoms. The lowest BCUT2D eigenvalue weighted by Gasteiger charge is -2.06. The fraction of sp³-hybridized carbons (Fsp3) is 0.462. The van der Waals surface area contributed by atoms with Crippen molar-refractivity contribution in [3.63, 3.8) is 0 Å². The second-order valence-corrected chi connectivity index (χ2v) is 4.64. The third-order valence-electron chi connectivity index (χ3n) is 3.85. The van der Waals surface area contributed by atoms with Gasteiger partial charge in [0.25, 0.3) is 0 Å². The van der Waals surface area contributed by atoms with Gasteiger partial charge in [0.05, 0.1) is 5.92 Å². The molecular weight excluding hydrogens is 188 g/mol. The van der Waals surface area contributed by atoms with Crippen molar-refractivity contribution in [2.24, 2.45) is 11.8 Å². The van der Waals surface area contributed by atoms with Crippen LogP contribution < -0.4 is 0 Å². The van der Waals surface area contributed by atoms with Crippen molar-refractivity contribution in [2.75, 3.05) is 0 Å². The van der Waals surface area contributed by atoms with Crippen molar-refractivity contribution in [1.82, 2.24) is 0 Å². The number of benzene rings is 1. The van der Waals surface area contributed by atoms with Crippen LogP contribution in [0, 0.1) is 11.8 Å². The first-order chi connectivity index (χ1) is 7.29. The van der Waals surface area contributed by atoms with Crippen LogP contribution in [0.4, 0.5) is 0 Å². The Morgan fingerprint density at radius 1 is 1.33 bits per heavy atom. The first-order valence-corrected chi connectivity index (χ1v) is 5.59. The van der Waals surface area contributed by atoms with E-state index in [9.17, 15) is 4.79 Å². The van der Waals surface area contributed by atoms with Crippen LogP contribution in [0.2, 0.25) is 0 Å². The summed E-state index contributed by atoms with van der Waals surface area (Å²) in [6.45, 7) is 0. The lowest BCUT2D eigenvalue weighted by molar-refractivity contribution is -0.139. The standard InChI is InChI=1S/C13H14O2/c14-13(15)12-10-7-3-5-8-4-1-2-6-9(8)11(10)12/h1-2,4,6,10-12H,3,5,7H2,(H,14,15)/t10-,11+,12?/m1/s1. The zero-order chi connectivity index (χ0) is 10.4. The number of aryl methyl sites for hydroxylation is 1. The number of hydrogen-bond acceptors (Lipinski definition) is 1. The molecule has 1 saturated carbocycles. The van der Waals surface area contributed by atoms with Gasteiger partial charge in [-0.3, -0.25) is 4.79 Å². The number of rotatable bonds is 1. The van der Waals surface area contributed by atoms with Crippen LogP contribution in [0.3, 0.4) is 0 Å². The van der Waals surface area contributed by atoms with E-state index in [2.05, 4.69) is 18.2 Å². The lowest BCUT2D eigenvalue weighted by Crippen LogP contribution is -2.03. The van der Waals surface area contributed by atoms with E-state index < -0.39 is 5.97 Å². The monoisotopic (exact) mass is 202 g/mol. The Hall–Kier alpha value is -1.31. The van der Waals surface area contributed by atoms with E-state index in [0.29, 0.717) is 11.8 Å². The second-order valence-electron chi connectivity index (χ2n) is 4.64. The maximum Gasteiger partial charge on any atom is 0.307 e. The summed E-state index contributed by atoms with van der Waals surface area (Å²) < 4.78 is 0. The van der Waals surface area contributed by atoms with Crippen LogP contribution in [0.25, 0.3) is 0 Å². The third kappa shape index (κ3) is 1.28. The van der Waals surface area contributed by atoms with Gasteiger partial charge in [0, 0.05) is 5.92 Å². The molecule has 1 unspecified atom stereocenters. The van der Waals surface area contributed by atoms with Gasteiger partial charge in [0.2, 0.25) is 0 Å². The summed E-state index contributed by atoms with van der Waals surface area (Å²) in [7, 11) is 0. The van der Waals surface area contributed by atoms with Gasteiger partial charge in [0.15, 0.2) is 0 Å². The highest BCUT2D eigenvalue weighted by molar-refractivity contribution is 5.76. The van der Waals surface area contributed by atoms with Crippen LogP contribution in [0.15, 0.2) is 24.3 Å².